The van der Waals surface area contributed by atoms with Crippen molar-refractivity contribution in [2.24, 2.45) is 11.8 Å². The van der Waals surface area contributed by atoms with Gasteiger partial charge in [0.1, 0.15) is 0 Å². The molecule has 3 fully saturated rings. The predicted octanol–water partition coefficient (Wildman–Crippen LogP) is 7.32. The minimum Gasteiger partial charge on any atom is -0.354 e. The van der Waals surface area contributed by atoms with Crippen LogP contribution in [0.2, 0.25) is 0 Å². The van der Waals surface area contributed by atoms with E-state index < -0.39 is 0 Å². The fraction of sp³-hybridized carbons (Fsp3) is 0.571. The number of likely N-dealkylation sites (tertiary alicyclic amines) is 1. The molecule has 4 atom stereocenters. The maximum atomic E-state index is 3.50. The van der Waals surface area contributed by atoms with Gasteiger partial charge in [0.05, 0.1) is 0 Å². The largest absolute Gasteiger partial charge is 0.354 e. The molecule has 1 aromatic heterocycles. The topological polar surface area (TPSA) is 19.0 Å². The summed E-state index contributed by atoms with van der Waals surface area (Å²) in [5.74, 6) is 2.17. The van der Waals surface area contributed by atoms with Gasteiger partial charge in [0, 0.05) is 33.9 Å². The van der Waals surface area contributed by atoms with Gasteiger partial charge in [-0.25, -0.2) is 0 Å². The lowest BCUT2D eigenvalue weighted by Gasteiger charge is -2.33. The highest BCUT2D eigenvalue weighted by molar-refractivity contribution is 6.08. The number of rotatable bonds is 2. The summed E-state index contributed by atoms with van der Waals surface area (Å²) in [4.78, 5) is 6.38. The Morgan fingerprint density at radius 3 is 2.07 bits per heavy atom. The van der Waals surface area contributed by atoms with Gasteiger partial charge in [-0.3, -0.25) is 4.90 Å². The average molecular weight is 403 g/mol. The maximum absolute atomic E-state index is 3.50. The Morgan fingerprint density at radius 2 is 1.40 bits per heavy atom. The van der Waals surface area contributed by atoms with Crippen LogP contribution in [0.3, 0.4) is 0 Å². The van der Waals surface area contributed by atoms with Crippen LogP contribution in [0.4, 0.5) is 0 Å². The van der Waals surface area contributed by atoms with Crippen LogP contribution in [0.25, 0.3) is 21.8 Å². The predicted molar refractivity (Wildman–Crippen MR) is 129 cm³/mol. The lowest BCUT2D eigenvalue weighted by Crippen LogP contribution is -2.39. The molecule has 2 aromatic carbocycles. The molecule has 2 heteroatoms. The molecular weight excluding hydrogens is 364 g/mol. The summed E-state index contributed by atoms with van der Waals surface area (Å²) in [5.41, 5.74) is 3.92. The molecule has 1 N–H and O–H groups in total. The molecule has 3 aromatic rings. The quantitative estimate of drug-likeness (QED) is 0.475. The van der Waals surface area contributed by atoms with E-state index >= 15 is 0 Å². The SMILES string of the molecule is CCN1C2CCCCC2C2CCCCC21.CCc1cccc2c1[nH]c1ccccc12. The molecule has 2 nitrogen and oxygen atoms in total. The fourth-order valence-electron chi connectivity index (χ4n) is 7.05. The van der Waals surface area contributed by atoms with E-state index in [9.17, 15) is 0 Å². The number of nitrogens with one attached hydrogen (secondary N) is 1. The van der Waals surface area contributed by atoms with Crippen molar-refractivity contribution in [3.05, 3.63) is 48.0 Å². The zero-order chi connectivity index (χ0) is 20.5. The first-order valence-electron chi connectivity index (χ1n) is 12.6. The molecule has 0 spiro atoms. The van der Waals surface area contributed by atoms with Crippen LogP contribution in [0.15, 0.2) is 42.5 Å². The molecule has 0 bridgehead atoms. The van der Waals surface area contributed by atoms with Gasteiger partial charge in [0.15, 0.2) is 0 Å². The minimum atomic E-state index is 0.983. The van der Waals surface area contributed by atoms with E-state index in [1.165, 1.54) is 72.4 Å². The number of fused-ring (bicyclic) bond motifs is 6. The molecule has 3 aliphatic rings. The van der Waals surface area contributed by atoms with Crippen molar-refractivity contribution in [3.8, 4) is 0 Å². The Balaban J connectivity index is 0.000000128. The Bertz CT molecular complexity index is 933. The standard InChI is InChI=1S/C14H25N.C14H13N/c1-2-15-13-9-5-3-7-11(13)12-8-4-6-10-14(12)15;1-2-10-6-5-8-12-11-7-3-4-9-13(11)15-14(10)12/h11-14H,2-10H2,1H3;3-9,15H,2H2,1H3. The highest BCUT2D eigenvalue weighted by Crippen LogP contribution is 2.48. The third-order valence-electron chi connectivity index (χ3n) is 8.34. The van der Waals surface area contributed by atoms with Gasteiger partial charge in [-0.2, -0.15) is 0 Å². The second kappa shape index (κ2) is 8.75. The number of hydrogen-bond donors (Lipinski definition) is 1. The van der Waals surface area contributed by atoms with Crippen LogP contribution in [-0.4, -0.2) is 28.5 Å². The van der Waals surface area contributed by atoms with Gasteiger partial charge in [-0.1, -0.05) is 75.9 Å². The first-order valence-corrected chi connectivity index (χ1v) is 12.6. The van der Waals surface area contributed by atoms with Crippen LogP contribution >= 0.6 is 0 Å². The van der Waals surface area contributed by atoms with Crippen molar-refractivity contribution in [2.45, 2.75) is 83.7 Å². The summed E-state index contributed by atoms with van der Waals surface area (Å²) in [7, 11) is 0. The highest BCUT2D eigenvalue weighted by atomic mass is 15.2. The molecule has 160 valence electrons. The van der Waals surface area contributed by atoms with E-state index in [2.05, 4.69) is 66.2 Å². The lowest BCUT2D eigenvalue weighted by molar-refractivity contribution is 0.147. The number of benzene rings is 2. The molecule has 6 rings (SSSR count). The number of para-hydroxylation sites is 2. The van der Waals surface area contributed by atoms with Gasteiger partial charge in [0.2, 0.25) is 0 Å². The van der Waals surface area contributed by atoms with Crippen LogP contribution < -0.4 is 0 Å². The van der Waals surface area contributed by atoms with Gasteiger partial charge in [-0.05, 0) is 62.1 Å². The summed E-state index contributed by atoms with van der Waals surface area (Å²) in [5, 5.41) is 2.66. The van der Waals surface area contributed by atoms with Crippen molar-refractivity contribution in [1.82, 2.24) is 9.88 Å². The van der Waals surface area contributed by atoms with E-state index in [1.54, 1.807) is 12.8 Å². The third-order valence-corrected chi connectivity index (χ3v) is 8.34. The van der Waals surface area contributed by atoms with Crippen molar-refractivity contribution >= 4 is 21.8 Å². The van der Waals surface area contributed by atoms with Crippen LogP contribution in [0.1, 0.15) is 70.8 Å². The zero-order valence-corrected chi connectivity index (χ0v) is 18.9. The van der Waals surface area contributed by atoms with Gasteiger partial charge >= 0.3 is 0 Å². The van der Waals surface area contributed by atoms with Gasteiger partial charge < -0.3 is 4.98 Å². The molecule has 2 aliphatic carbocycles. The Morgan fingerprint density at radius 1 is 0.767 bits per heavy atom. The number of H-pyrrole nitrogens is 1. The monoisotopic (exact) mass is 402 g/mol. The molecule has 30 heavy (non-hydrogen) atoms. The van der Waals surface area contributed by atoms with Crippen molar-refractivity contribution < 1.29 is 0 Å². The number of aromatic nitrogens is 1. The lowest BCUT2D eigenvalue weighted by atomic mass is 9.73. The summed E-state index contributed by atoms with van der Waals surface area (Å²) >= 11 is 0. The fourth-order valence-corrected chi connectivity index (χ4v) is 7.05. The first kappa shape index (κ1) is 20.1. The smallest absolute Gasteiger partial charge is 0.0497 e. The zero-order valence-electron chi connectivity index (χ0n) is 18.9. The van der Waals surface area contributed by atoms with Crippen molar-refractivity contribution in [1.29, 1.82) is 0 Å². The summed E-state index contributed by atoms with van der Waals surface area (Å²) in [6.07, 6.45) is 13.2. The summed E-state index contributed by atoms with van der Waals surface area (Å²) in [6, 6.07) is 17.0. The second-order valence-electron chi connectivity index (χ2n) is 9.73. The molecular formula is C28H38N2. The minimum absolute atomic E-state index is 0.983. The Hall–Kier alpha value is -1.80. The molecule has 1 saturated heterocycles. The highest BCUT2D eigenvalue weighted by Gasteiger charge is 2.48. The van der Waals surface area contributed by atoms with Gasteiger partial charge in [-0.15, -0.1) is 0 Å². The molecule has 1 aliphatic heterocycles. The van der Waals surface area contributed by atoms with E-state index in [0.29, 0.717) is 0 Å². The summed E-state index contributed by atoms with van der Waals surface area (Å²) in [6.45, 7) is 5.88. The van der Waals surface area contributed by atoms with Crippen LogP contribution in [0, 0.1) is 11.8 Å². The molecule has 0 amide bonds. The van der Waals surface area contributed by atoms with Crippen molar-refractivity contribution in [2.75, 3.05) is 6.54 Å². The number of nitrogens with zero attached hydrogens (tertiary/aromatic N) is 1. The normalized spacial score (nSPS) is 28.7. The molecule has 4 unspecified atom stereocenters. The third kappa shape index (κ3) is 3.47. The van der Waals surface area contributed by atoms with E-state index in [4.69, 9.17) is 0 Å². The second-order valence-corrected chi connectivity index (χ2v) is 9.73. The van der Waals surface area contributed by atoms with Crippen molar-refractivity contribution in [3.63, 3.8) is 0 Å². The van der Waals surface area contributed by atoms with Crippen LogP contribution in [0.5, 0.6) is 0 Å². The average Bonchev–Trinajstić information content (AvgIpc) is 3.35. The van der Waals surface area contributed by atoms with E-state index in [1.807, 2.05) is 0 Å². The maximum Gasteiger partial charge on any atom is 0.0497 e. The van der Waals surface area contributed by atoms with Crippen LogP contribution in [-0.2, 0) is 6.42 Å². The Labute approximate surface area is 182 Å². The molecule has 0 radical (unpaired) electrons. The molecule has 2 saturated carbocycles. The first-order chi connectivity index (χ1) is 14.8. The number of aromatic amines is 1. The van der Waals surface area contributed by atoms with E-state index in [-0.39, 0.29) is 0 Å². The Kier molecular flexibility index (Phi) is 5.87. The number of aryl methyl sites for hydroxylation is 1. The molecule has 2 heterocycles. The van der Waals surface area contributed by atoms with E-state index in [0.717, 1.165) is 30.3 Å². The van der Waals surface area contributed by atoms with Gasteiger partial charge in [0.25, 0.3) is 0 Å². The summed E-state index contributed by atoms with van der Waals surface area (Å²) < 4.78 is 0. The number of hydrogen-bond acceptors (Lipinski definition) is 1.